The number of rotatable bonds is 6. The van der Waals surface area contributed by atoms with E-state index in [1.807, 2.05) is 18.2 Å². The Balaban J connectivity index is 1.53. The maximum Gasteiger partial charge on any atom is 0.262 e. The molecule has 1 aromatic heterocycles. The molecule has 0 saturated heterocycles. The zero-order valence-corrected chi connectivity index (χ0v) is 17.5. The molecule has 3 aromatic rings. The van der Waals surface area contributed by atoms with E-state index < -0.39 is 0 Å². The van der Waals surface area contributed by atoms with E-state index in [2.05, 4.69) is 5.32 Å². The van der Waals surface area contributed by atoms with Gasteiger partial charge in [0.2, 0.25) is 5.91 Å². The van der Waals surface area contributed by atoms with Crippen LogP contribution in [-0.4, -0.2) is 21.2 Å². The Hall–Kier alpha value is -2.67. The second kappa shape index (κ2) is 9.43. The van der Waals surface area contributed by atoms with Gasteiger partial charge < -0.3 is 5.32 Å². The number of aromatic nitrogens is 2. The fourth-order valence-electron chi connectivity index (χ4n) is 3.91. The van der Waals surface area contributed by atoms with Crippen molar-refractivity contribution in [3.8, 4) is 0 Å². The van der Waals surface area contributed by atoms with Crippen molar-refractivity contribution in [2.45, 2.75) is 49.8 Å². The number of benzene rings is 2. The first-order valence-electron chi connectivity index (χ1n) is 10.3. The van der Waals surface area contributed by atoms with Crippen LogP contribution in [0.15, 0.2) is 58.5 Å². The van der Waals surface area contributed by atoms with E-state index in [0.29, 0.717) is 21.6 Å². The van der Waals surface area contributed by atoms with Crippen LogP contribution in [0.25, 0.3) is 10.9 Å². The summed E-state index contributed by atoms with van der Waals surface area (Å²) in [5, 5.41) is 3.93. The van der Waals surface area contributed by atoms with E-state index in [4.69, 9.17) is 4.98 Å². The largest absolute Gasteiger partial charge is 0.351 e. The summed E-state index contributed by atoms with van der Waals surface area (Å²) < 4.78 is 15.5. The highest BCUT2D eigenvalue weighted by Gasteiger charge is 2.22. The molecule has 5 nitrogen and oxygen atoms in total. The number of carbonyl (C=O) groups excluding carboxylic acids is 1. The molecule has 1 aliphatic rings. The van der Waals surface area contributed by atoms with Gasteiger partial charge in [0.05, 0.1) is 16.7 Å². The molecule has 30 heavy (non-hydrogen) atoms. The summed E-state index contributed by atoms with van der Waals surface area (Å²) in [6.45, 7) is 0.132. The van der Waals surface area contributed by atoms with Crippen molar-refractivity contribution in [3.05, 3.63) is 70.3 Å². The molecule has 4 rings (SSSR count). The fourth-order valence-corrected chi connectivity index (χ4v) is 4.80. The third-order valence-electron chi connectivity index (χ3n) is 5.48. The molecule has 1 heterocycles. The Morgan fingerprint density at radius 2 is 1.83 bits per heavy atom. The summed E-state index contributed by atoms with van der Waals surface area (Å²) in [6, 6.07) is 13.8. The number of thioether (sulfide) groups is 1. The minimum atomic E-state index is -0.340. The Labute approximate surface area is 178 Å². The Bertz CT molecular complexity index is 1110. The van der Waals surface area contributed by atoms with Gasteiger partial charge in [-0.2, -0.15) is 0 Å². The lowest BCUT2D eigenvalue weighted by Gasteiger charge is -2.26. The maximum absolute atomic E-state index is 13.7. The zero-order valence-electron chi connectivity index (χ0n) is 16.6. The number of carbonyl (C=O) groups is 1. The minimum absolute atomic E-state index is 0.0400. The van der Waals surface area contributed by atoms with Crippen molar-refractivity contribution >= 4 is 28.6 Å². The van der Waals surface area contributed by atoms with Gasteiger partial charge in [0.15, 0.2) is 5.16 Å². The van der Waals surface area contributed by atoms with Gasteiger partial charge in [0.25, 0.3) is 5.56 Å². The van der Waals surface area contributed by atoms with Crippen molar-refractivity contribution in [2.75, 3.05) is 5.75 Å². The van der Waals surface area contributed by atoms with E-state index in [-0.39, 0.29) is 35.6 Å². The third kappa shape index (κ3) is 4.56. The van der Waals surface area contributed by atoms with Gasteiger partial charge >= 0.3 is 0 Å². The van der Waals surface area contributed by atoms with E-state index in [9.17, 15) is 14.0 Å². The average molecular weight is 426 g/mol. The molecule has 1 amide bonds. The average Bonchev–Trinajstić information content (AvgIpc) is 2.78. The van der Waals surface area contributed by atoms with Gasteiger partial charge in [-0.25, -0.2) is 9.37 Å². The number of nitrogens with zero attached hydrogens (tertiary/aromatic N) is 2. The number of nitrogens with one attached hydrogen (secondary N) is 1. The highest BCUT2D eigenvalue weighted by molar-refractivity contribution is 7.99. The predicted molar refractivity (Wildman–Crippen MR) is 117 cm³/mol. The number of hydrogen-bond donors (Lipinski definition) is 1. The molecule has 0 atom stereocenters. The first kappa shape index (κ1) is 20.6. The third-order valence-corrected chi connectivity index (χ3v) is 6.43. The molecule has 0 radical (unpaired) electrons. The molecule has 1 N–H and O–H groups in total. The van der Waals surface area contributed by atoms with Crippen LogP contribution in [-0.2, 0) is 11.3 Å². The lowest BCUT2D eigenvalue weighted by Crippen LogP contribution is -2.30. The first-order chi connectivity index (χ1) is 14.6. The van der Waals surface area contributed by atoms with Crippen LogP contribution in [0.3, 0.4) is 0 Å². The minimum Gasteiger partial charge on any atom is -0.351 e. The quantitative estimate of drug-likeness (QED) is 0.468. The van der Waals surface area contributed by atoms with Gasteiger partial charge in [-0.1, -0.05) is 61.4 Å². The van der Waals surface area contributed by atoms with Gasteiger partial charge in [0.1, 0.15) is 5.82 Å². The molecule has 2 aromatic carbocycles. The van der Waals surface area contributed by atoms with Crippen molar-refractivity contribution in [1.82, 2.24) is 14.9 Å². The molecule has 0 bridgehead atoms. The van der Waals surface area contributed by atoms with Crippen molar-refractivity contribution in [2.24, 2.45) is 0 Å². The van der Waals surface area contributed by atoms with Crippen LogP contribution in [0.4, 0.5) is 4.39 Å². The zero-order chi connectivity index (χ0) is 20.9. The van der Waals surface area contributed by atoms with Gasteiger partial charge in [-0.05, 0) is 31.0 Å². The highest BCUT2D eigenvalue weighted by Crippen LogP contribution is 2.31. The maximum atomic E-state index is 13.7. The van der Waals surface area contributed by atoms with Gasteiger partial charge in [-0.15, -0.1) is 0 Å². The normalized spacial score (nSPS) is 14.7. The summed E-state index contributed by atoms with van der Waals surface area (Å²) in [5.41, 5.74) is 1.05. The summed E-state index contributed by atoms with van der Waals surface area (Å²) in [4.78, 5) is 30.3. The number of hydrogen-bond acceptors (Lipinski definition) is 4. The first-order valence-corrected chi connectivity index (χ1v) is 11.3. The molecule has 7 heteroatoms. The SMILES string of the molecule is O=C(CSc1nc2ccccc2c(=O)n1C1CCCCC1)NCc1ccccc1F. The lowest BCUT2D eigenvalue weighted by molar-refractivity contribution is -0.118. The van der Waals surface area contributed by atoms with Crippen LogP contribution >= 0.6 is 11.8 Å². The lowest BCUT2D eigenvalue weighted by atomic mass is 9.95. The molecule has 0 aliphatic heterocycles. The van der Waals surface area contributed by atoms with E-state index in [0.717, 1.165) is 25.7 Å². The van der Waals surface area contributed by atoms with Crippen molar-refractivity contribution < 1.29 is 9.18 Å². The number of fused-ring (bicyclic) bond motifs is 1. The van der Waals surface area contributed by atoms with E-state index in [1.165, 1.54) is 24.2 Å². The van der Waals surface area contributed by atoms with Crippen LogP contribution in [0.5, 0.6) is 0 Å². The van der Waals surface area contributed by atoms with Crippen LogP contribution < -0.4 is 10.9 Å². The Kier molecular flexibility index (Phi) is 6.47. The number of para-hydroxylation sites is 1. The standard InChI is InChI=1S/C23H24FN3O2S/c24-19-12-6-4-8-16(19)14-25-21(28)15-30-23-26-20-13-7-5-11-18(20)22(29)27(23)17-9-2-1-3-10-17/h4-8,11-13,17H,1-3,9-10,14-15H2,(H,25,28). The fraction of sp³-hybridized carbons (Fsp3) is 0.348. The van der Waals surface area contributed by atoms with E-state index in [1.54, 1.807) is 28.8 Å². The second-order valence-electron chi connectivity index (χ2n) is 7.54. The smallest absolute Gasteiger partial charge is 0.262 e. The molecular formula is C23H24FN3O2S. The summed E-state index contributed by atoms with van der Waals surface area (Å²) in [7, 11) is 0. The summed E-state index contributed by atoms with van der Waals surface area (Å²) >= 11 is 1.26. The molecule has 0 unspecified atom stereocenters. The predicted octanol–water partition coefficient (Wildman–Crippen LogP) is 4.45. The number of amides is 1. The molecule has 156 valence electrons. The molecule has 1 aliphatic carbocycles. The Morgan fingerprint density at radius 3 is 2.63 bits per heavy atom. The number of halogens is 1. The Morgan fingerprint density at radius 1 is 1.10 bits per heavy atom. The highest BCUT2D eigenvalue weighted by atomic mass is 32.2. The molecular weight excluding hydrogens is 401 g/mol. The van der Waals surface area contributed by atoms with Crippen LogP contribution in [0.1, 0.15) is 43.7 Å². The second-order valence-corrected chi connectivity index (χ2v) is 8.48. The topological polar surface area (TPSA) is 64.0 Å². The van der Waals surface area contributed by atoms with Gasteiger partial charge in [-0.3, -0.25) is 14.2 Å². The van der Waals surface area contributed by atoms with Crippen molar-refractivity contribution in [3.63, 3.8) is 0 Å². The van der Waals surface area contributed by atoms with Crippen LogP contribution in [0.2, 0.25) is 0 Å². The van der Waals surface area contributed by atoms with Crippen LogP contribution in [0, 0.1) is 5.82 Å². The summed E-state index contributed by atoms with van der Waals surface area (Å²) in [5.74, 6) is -0.444. The van der Waals surface area contributed by atoms with E-state index >= 15 is 0 Å². The molecule has 1 fully saturated rings. The van der Waals surface area contributed by atoms with Gasteiger partial charge in [0, 0.05) is 18.2 Å². The molecule has 0 spiro atoms. The van der Waals surface area contributed by atoms with Crippen molar-refractivity contribution in [1.29, 1.82) is 0 Å². The summed E-state index contributed by atoms with van der Waals surface area (Å²) in [6.07, 6.45) is 5.28. The molecule has 1 saturated carbocycles. The monoisotopic (exact) mass is 425 g/mol.